The van der Waals surface area contributed by atoms with E-state index in [4.69, 9.17) is 4.74 Å². The number of carbonyl (C=O) groups excluding carboxylic acids is 2. The van der Waals surface area contributed by atoms with Crippen LogP contribution in [-0.4, -0.2) is 51.1 Å². The molecule has 3 atom stereocenters. The minimum atomic E-state index is -0.199. The maximum atomic E-state index is 12.8. The summed E-state index contributed by atoms with van der Waals surface area (Å²) in [4.78, 5) is 33.2. The van der Waals surface area contributed by atoms with E-state index in [1.54, 1.807) is 23.2 Å². The number of rotatable bonds is 3. The van der Waals surface area contributed by atoms with Crippen molar-refractivity contribution >= 4 is 23.0 Å². The summed E-state index contributed by atoms with van der Waals surface area (Å²) in [5, 5.41) is 6.07. The molecular formula is C17H21N5O3. The fraction of sp³-hybridized carbons (Fsp3) is 0.529. The van der Waals surface area contributed by atoms with Crippen molar-refractivity contribution in [1.29, 1.82) is 0 Å². The monoisotopic (exact) mass is 343 g/mol. The Morgan fingerprint density at radius 2 is 2.28 bits per heavy atom. The number of aromatic nitrogens is 3. The van der Waals surface area contributed by atoms with Crippen LogP contribution < -0.4 is 10.6 Å². The molecule has 0 spiro atoms. The molecule has 4 heterocycles. The summed E-state index contributed by atoms with van der Waals surface area (Å²) in [5.41, 5.74) is 1.74. The summed E-state index contributed by atoms with van der Waals surface area (Å²) in [7, 11) is 1.84. The van der Waals surface area contributed by atoms with Crippen LogP contribution in [0.1, 0.15) is 36.0 Å². The van der Waals surface area contributed by atoms with Crippen molar-refractivity contribution in [2.75, 3.05) is 6.61 Å². The summed E-state index contributed by atoms with van der Waals surface area (Å²) in [5.74, 6) is -0.183. The van der Waals surface area contributed by atoms with Gasteiger partial charge < -0.3 is 19.9 Å². The van der Waals surface area contributed by atoms with Gasteiger partial charge in [-0.05, 0) is 25.3 Å². The van der Waals surface area contributed by atoms with Gasteiger partial charge in [-0.15, -0.1) is 0 Å². The molecule has 0 saturated carbocycles. The van der Waals surface area contributed by atoms with Gasteiger partial charge in [-0.25, -0.2) is 9.97 Å². The van der Waals surface area contributed by atoms with Crippen LogP contribution in [0.5, 0.6) is 0 Å². The number of amides is 2. The highest BCUT2D eigenvalue weighted by Crippen LogP contribution is 2.23. The molecule has 2 saturated heterocycles. The highest BCUT2D eigenvalue weighted by atomic mass is 16.5. The van der Waals surface area contributed by atoms with Crippen molar-refractivity contribution in [3.05, 3.63) is 24.2 Å². The average Bonchev–Trinajstić information content (AvgIpc) is 3.27. The number of fused-ring (bicyclic) bond motifs is 1. The zero-order chi connectivity index (χ0) is 17.4. The maximum absolute atomic E-state index is 12.8. The Bertz CT molecular complexity index is 812. The van der Waals surface area contributed by atoms with Gasteiger partial charge in [0, 0.05) is 26.3 Å². The van der Waals surface area contributed by atoms with Crippen molar-refractivity contribution in [3.63, 3.8) is 0 Å². The van der Waals surface area contributed by atoms with Crippen molar-refractivity contribution in [2.24, 2.45) is 7.05 Å². The summed E-state index contributed by atoms with van der Waals surface area (Å²) >= 11 is 0. The van der Waals surface area contributed by atoms with E-state index in [1.807, 2.05) is 7.05 Å². The molecule has 2 amide bonds. The summed E-state index contributed by atoms with van der Waals surface area (Å²) in [6.07, 6.45) is 6.11. The van der Waals surface area contributed by atoms with E-state index in [0.29, 0.717) is 36.2 Å². The number of pyridine rings is 1. The number of aryl methyl sites for hydroxylation is 1. The SMILES string of the molecule is Cn1cnc2c(C(=O)N[C@H]3CCC(=O)N[C@@H]3C3CCCO3)ccnc21. The van der Waals surface area contributed by atoms with E-state index in [2.05, 4.69) is 20.6 Å². The van der Waals surface area contributed by atoms with Crippen LogP contribution in [0.15, 0.2) is 18.6 Å². The van der Waals surface area contributed by atoms with E-state index < -0.39 is 0 Å². The molecule has 25 heavy (non-hydrogen) atoms. The minimum absolute atomic E-state index is 0.0158. The van der Waals surface area contributed by atoms with E-state index in [-0.39, 0.29) is 30.0 Å². The highest BCUT2D eigenvalue weighted by Gasteiger charge is 2.37. The molecule has 4 rings (SSSR count). The predicted molar refractivity (Wildman–Crippen MR) is 89.9 cm³/mol. The van der Waals surface area contributed by atoms with Gasteiger partial charge in [0.1, 0.15) is 5.52 Å². The van der Waals surface area contributed by atoms with Crippen LogP contribution in [0.2, 0.25) is 0 Å². The molecule has 0 aromatic carbocycles. The lowest BCUT2D eigenvalue weighted by molar-refractivity contribution is -0.125. The maximum Gasteiger partial charge on any atom is 0.253 e. The average molecular weight is 343 g/mol. The molecule has 1 unspecified atom stereocenters. The summed E-state index contributed by atoms with van der Waals surface area (Å²) in [6, 6.07) is 1.33. The van der Waals surface area contributed by atoms with E-state index >= 15 is 0 Å². The van der Waals surface area contributed by atoms with Gasteiger partial charge >= 0.3 is 0 Å². The van der Waals surface area contributed by atoms with Crippen molar-refractivity contribution < 1.29 is 14.3 Å². The number of piperidine rings is 1. The molecule has 0 radical (unpaired) electrons. The first-order valence-corrected chi connectivity index (χ1v) is 8.61. The van der Waals surface area contributed by atoms with Gasteiger partial charge in [-0.1, -0.05) is 0 Å². The Morgan fingerprint density at radius 1 is 1.40 bits per heavy atom. The Morgan fingerprint density at radius 3 is 3.08 bits per heavy atom. The standard InChI is InChI=1S/C17H21N5O3/c1-22-9-19-14-10(6-7-18-16(14)22)17(24)20-11-4-5-13(23)21-15(11)12-3-2-8-25-12/h6-7,9,11-12,15H,2-5,8H2,1H3,(H,20,24)(H,21,23)/t11-,12?,15-/m0/s1. The lowest BCUT2D eigenvalue weighted by Crippen LogP contribution is -2.60. The topological polar surface area (TPSA) is 98.1 Å². The number of ether oxygens (including phenoxy) is 1. The van der Waals surface area contributed by atoms with Gasteiger partial charge in [0.2, 0.25) is 5.91 Å². The van der Waals surface area contributed by atoms with Crippen LogP contribution in [0.4, 0.5) is 0 Å². The molecule has 8 nitrogen and oxygen atoms in total. The third kappa shape index (κ3) is 2.97. The Balaban J connectivity index is 1.56. The first kappa shape index (κ1) is 16.0. The number of hydrogen-bond donors (Lipinski definition) is 2. The molecule has 2 aromatic heterocycles. The first-order valence-electron chi connectivity index (χ1n) is 8.61. The van der Waals surface area contributed by atoms with E-state index in [0.717, 1.165) is 12.8 Å². The predicted octanol–water partition coefficient (Wildman–Crippen LogP) is 0.524. The van der Waals surface area contributed by atoms with Crippen LogP contribution in [0.25, 0.3) is 11.2 Å². The Kier molecular flexibility index (Phi) is 4.12. The van der Waals surface area contributed by atoms with Crippen molar-refractivity contribution in [3.8, 4) is 0 Å². The molecule has 2 aliphatic heterocycles. The third-order valence-corrected chi connectivity index (χ3v) is 4.97. The fourth-order valence-corrected chi connectivity index (χ4v) is 3.68. The fourth-order valence-electron chi connectivity index (χ4n) is 3.68. The van der Waals surface area contributed by atoms with Crippen molar-refractivity contribution in [2.45, 2.75) is 43.9 Å². The molecule has 2 aromatic rings. The van der Waals surface area contributed by atoms with E-state index in [1.165, 1.54) is 0 Å². The molecule has 2 aliphatic rings. The van der Waals surface area contributed by atoms with Gasteiger partial charge in [-0.3, -0.25) is 9.59 Å². The van der Waals surface area contributed by atoms with Gasteiger partial charge in [0.25, 0.3) is 5.91 Å². The largest absolute Gasteiger partial charge is 0.376 e. The number of nitrogens with one attached hydrogen (secondary N) is 2. The summed E-state index contributed by atoms with van der Waals surface area (Å²) < 4.78 is 7.52. The number of carbonyl (C=O) groups is 2. The quantitative estimate of drug-likeness (QED) is 0.847. The molecule has 2 N–H and O–H groups in total. The second-order valence-corrected chi connectivity index (χ2v) is 6.65. The third-order valence-electron chi connectivity index (χ3n) is 4.97. The van der Waals surface area contributed by atoms with Gasteiger partial charge in [-0.2, -0.15) is 0 Å². The van der Waals surface area contributed by atoms with Crippen LogP contribution in [-0.2, 0) is 16.6 Å². The number of imidazole rings is 1. The molecule has 132 valence electrons. The minimum Gasteiger partial charge on any atom is -0.376 e. The van der Waals surface area contributed by atoms with Crippen LogP contribution in [0.3, 0.4) is 0 Å². The van der Waals surface area contributed by atoms with Gasteiger partial charge in [0.05, 0.1) is 30.1 Å². The molecule has 0 aliphatic carbocycles. The second kappa shape index (κ2) is 6.44. The molecule has 8 heteroatoms. The normalized spacial score (nSPS) is 26.6. The number of hydrogen-bond acceptors (Lipinski definition) is 5. The van der Waals surface area contributed by atoms with E-state index in [9.17, 15) is 9.59 Å². The van der Waals surface area contributed by atoms with Crippen LogP contribution >= 0.6 is 0 Å². The summed E-state index contributed by atoms with van der Waals surface area (Å²) in [6.45, 7) is 0.705. The molecule has 2 fully saturated rings. The number of nitrogens with zero attached hydrogens (tertiary/aromatic N) is 3. The van der Waals surface area contributed by atoms with Crippen molar-refractivity contribution in [1.82, 2.24) is 25.2 Å². The lowest BCUT2D eigenvalue weighted by Gasteiger charge is -2.36. The van der Waals surface area contributed by atoms with Gasteiger partial charge in [0.15, 0.2) is 5.65 Å². The molecule has 0 bridgehead atoms. The zero-order valence-corrected chi connectivity index (χ0v) is 14.1. The zero-order valence-electron chi connectivity index (χ0n) is 14.1. The molecular weight excluding hydrogens is 322 g/mol. The Labute approximate surface area is 145 Å². The second-order valence-electron chi connectivity index (χ2n) is 6.65. The lowest BCUT2D eigenvalue weighted by atomic mass is 9.92. The Hall–Kier alpha value is -2.48. The van der Waals surface area contributed by atoms with Crippen LogP contribution in [0, 0.1) is 0 Å². The smallest absolute Gasteiger partial charge is 0.253 e. The highest BCUT2D eigenvalue weighted by molar-refractivity contribution is 6.04. The first-order chi connectivity index (χ1) is 12.1.